The van der Waals surface area contributed by atoms with E-state index in [0.29, 0.717) is 12.1 Å². The highest BCUT2D eigenvalue weighted by molar-refractivity contribution is 6.02. The Balaban J connectivity index is 1.73. The summed E-state index contributed by atoms with van der Waals surface area (Å²) >= 11 is 0. The van der Waals surface area contributed by atoms with Gasteiger partial charge in [0.05, 0.1) is 5.92 Å². The van der Waals surface area contributed by atoms with Crippen LogP contribution in [0.2, 0.25) is 0 Å². The predicted molar refractivity (Wildman–Crippen MR) is 116 cm³/mol. The summed E-state index contributed by atoms with van der Waals surface area (Å²) in [6, 6.07) is 16.5. The van der Waals surface area contributed by atoms with Crippen LogP contribution in [0.4, 0.5) is 0 Å². The fourth-order valence-corrected chi connectivity index (χ4v) is 4.28. The summed E-state index contributed by atoms with van der Waals surface area (Å²) in [7, 11) is 0. The van der Waals surface area contributed by atoms with Crippen LogP contribution < -0.4 is 4.74 Å². The minimum atomic E-state index is -0.107. The number of hydrogen-bond donors (Lipinski definition) is 0. The highest BCUT2D eigenvalue weighted by Crippen LogP contribution is 2.32. The lowest BCUT2D eigenvalue weighted by atomic mass is 9.82. The van der Waals surface area contributed by atoms with Gasteiger partial charge in [-0.3, -0.25) is 9.69 Å². The van der Waals surface area contributed by atoms with Crippen molar-refractivity contribution < 1.29 is 9.53 Å². The summed E-state index contributed by atoms with van der Waals surface area (Å²) in [6.45, 7) is 10.8. The van der Waals surface area contributed by atoms with Crippen LogP contribution in [0.25, 0.3) is 6.08 Å². The van der Waals surface area contributed by atoms with Crippen molar-refractivity contribution in [3.05, 3.63) is 71.3 Å². The van der Waals surface area contributed by atoms with E-state index in [4.69, 9.17) is 4.74 Å². The zero-order valence-electron chi connectivity index (χ0n) is 17.6. The van der Waals surface area contributed by atoms with E-state index in [1.54, 1.807) is 0 Å². The van der Waals surface area contributed by atoms with Crippen molar-refractivity contribution in [1.29, 1.82) is 0 Å². The maximum atomic E-state index is 13.1. The number of fused-ring (bicyclic) bond motifs is 1. The Kier molecular flexibility index (Phi) is 6.35. The van der Waals surface area contributed by atoms with Crippen LogP contribution >= 0.6 is 0 Å². The molecule has 2 atom stereocenters. The number of Topliss-reactive ketones (excluding diaryl/α,β-unsaturated/α-hetero) is 1. The molecule has 148 valence electrons. The Hall–Kier alpha value is -2.39. The van der Waals surface area contributed by atoms with E-state index in [1.165, 1.54) is 0 Å². The highest BCUT2D eigenvalue weighted by Gasteiger charge is 2.25. The monoisotopic (exact) mass is 377 g/mol. The zero-order chi connectivity index (χ0) is 20.3. The molecule has 0 aromatic heterocycles. The van der Waals surface area contributed by atoms with Gasteiger partial charge in [-0.2, -0.15) is 0 Å². The fourth-order valence-electron chi connectivity index (χ4n) is 4.28. The quantitative estimate of drug-likeness (QED) is 0.443. The molecule has 0 N–H and O–H groups in total. The normalized spacial score (nSPS) is 17.1. The summed E-state index contributed by atoms with van der Waals surface area (Å²) in [5, 5.41) is 0. The van der Waals surface area contributed by atoms with E-state index in [-0.39, 0.29) is 17.9 Å². The van der Waals surface area contributed by atoms with Gasteiger partial charge in [-0.25, -0.2) is 0 Å². The van der Waals surface area contributed by atoms with E-state index >= 15 is 0 Å². The molecule has 0 saturated carbocycles. The molecule has 28 heavy (non-hydrogen) atoms. The van der Waals surface area contributed by atoms with Gasteiger partial charge in [-0.1, -0.05) is 36.4 Å². The predicted octanol–water partition coefficient (Wildman–Crippen LogP) is 5.91. The number of carbonyl (C=O) groups excluding carboxylic acids is 1. The molecular weight excluding hydrogens is 346 g/mol. The maximum absolute atomic E-state index is 13.1. The van der Waals surface area contributed by atoms with Gasteiger partial charge in [0.1, 0.15) is 12.0 Å². The first kappa shape index (κ1) is 20.3. The first-order valence-corrected chi connectivity index (χ1v) is 10.2. The van der Waals surface area contributed by atoms with Crippen LogP contribution in [-0.2, 0) is 0 Å². The molecule has 2 aromatic carbocycles. The molecule has 0 spiro atoms. The Morgan fingerprint density at radius 2 is 1.61 bits per heavy atom. The number of nitrogens with zero attached hydrogens (tertiary/aromatic N) is 1. The minimum absolute atomic E-state index is 0.0306. The van der Waals surface area contributed by atoms with Crippen molar-refractivity contribution in [3.63, 3.8) is 0 Å². The van der Waals surface area contributed by atoms with Crippen molar-refractivity contribution in [2.45, 2.75) is 65.3 Å². The van der Waals surface area contributed by atoms with E-state index in [9.17, 15) is 4.79 Å². The van der Waals surface area contributed by atoms with Crippen LogP contribution in [0.15, 0.2) is 54.6 Å². The summed E-state index contributed by atoms with van der Waals surface area (Å²) < 4.78 is 6.14. The standard InChI is InChI=1S/C25H31NO2/c1-17(2)26(18(3)4)19(5)28-22-15-13-21(14-16-22)25(27)24-12-8-10-20-9-6-7-11-23(20)24/h6-11,13-19,24H,12H2,1-5H3. The molecule has 0 heterocycles. The van der Waals surface area contributed by atoms with Gasteiger partial charge in [0.2, 0.25) is 0 Å². The fraction of sp³-hybridized carbons (Fsp3) is 0.400. The molecule has 3 rings (SSSR count). The molecule has 1 aliphatic carbocycles. The maximum Gasteiger partial charge on any atom is 0.170 e. The number of ether oxygens (including phenoxy) is 1. The first-order valence-electron chi connectivity index (χ1n) is 10.2. The van der Waals surface area contributed by atoms with Crippen molar-refractivity contribution >= 4 is 11.9 Å². The van der Waals surface area contributed by atoms with Crippen molar-refractivity contribution in [3.8, 4) is 5.75 Å². The number of ketones is 1. The van der Waals surface area contributed by atoms with Crippen LogP contribution in [0, 0.1) is 0 Å². The van der Waals surface area contributed by atoms with Gasteiger partial charge < -0.3 is 4.74 Å². The van der Waals surface area contributed by atoms with Gasteiger partial charge in [0.25, 0.3) is 0 Å². The average Bonchev–Trinajstić information content (AvgIpc) is 2.67. The lowest BCUT2D eigenvalue weighted by Gasteiger charge is -2.36. The summed E-state index contributed by atoms with van der Waals surface area (Å²) in [6.07, 6.45) is 4.92. The average molecular weight is 378 g/mol. The van der Waals surface area contributed by atoms with Crippen LogP contribution in [0.1, 0.15) is 68.4 Å². The third-order valence-electron chi connectivity index (χ3n) is 5.42. The summed E-state index contributed by atoms with van der Waals surface area (Å²) in [5.41, 5.74) is 3.00. The Bertz CT molecular complexity index is 828. The number of allylic oxidation sites excluding steroid dienone is 1. The molecule has 3 heteroatoms. The second kappa shape index (κ2) is 8.74. The van der Waals surface area contributed by atoms with Gasteiger partial charge in [0.15, 0.2) is 5.78 Å². The van der Waals surface area contributed by atoms with Crippen LogP contribution in [0.5, 0.6) is 5.75 Å². The molecular formula is C25H31NO2. The van der Waals surface area contributed by atoms with E-state index < -0.39 is 0 Å². The zero-order valence-corrected chi connectivity index (χ0v) is 17.6. The molecule has 3 nitrogen and oxygen atoms in total. The lowest BCUT2D eigenvalue weighted by Crippen LogP contribution is -2.46. The smallest absolute Gasteiger partial charge is 0.170 e. The Labute approximate surface area is 169 Å². The topological polar surface area (TPSA) is 29.5 Å². The van der Waals surface area contributed by atoms with Crippen molar-refractivity contribution in [2.24, 2.45) is 0 Å². The first-order chi connectivity index (χ1) is 13.4. The number of rotatable bonds is 7. The Morgan fingerprint density at radius 1 is 0.964 bits per heavy atom. The highest BCUT2D eigenvalue weighted by atomic mass is 16.5. The largest absolute Gasteiger partial charge is 0.475 e. The molecule has 0 bridgehead atoms. The lowest BCUT2D eigenvalue weighted by molar-refractivity contribution is -0.00560. The van der Waals surface area contributed by atoms with Crippen molar-refractivity contribution in [1.82, 2.24) is 4.90 Å². The number of hydrogen-bond acceptors (Lipinski definition) is 3. The molecule has 1 aliphatic rings. The second-order valence-electron chi connectivity index (χ2n) is 8.06. The van der Waals surface area contributed by atoms with Gasteiger partial charge in [0, 0.05) is 17.6 Å². The number of benzene rings is 2. The molecule has 0 amide bonds. The van der Waals surface area contributed by atoms with E-state index in [0.717, 1.165) is 28.9 Å². The molecule has 2 aromatic rings. The van der Waals surface area contributed by atoms with Gasteiger partial charge >= 0.3 is 0 Å². The molecule has 0 saturated heterocycles. The summed E-state index contributed by atoms with van der Waals surface area (Å²) in [5.74, 6) is 0.853. The molecule has 0 fully saturated rings. The van der Waals surface area contributed by atoms with Crippen molar-refractivity contribution in [2.75, 3.05) is 0 Å². The van der Waals surface area contributed by atoms with E-state index in [1.807, 2.05) is 36.4 Å². The Morgan fingerprint density at radius 3 is 2.25 bits per heavy atom. The third-order valence-corrected chi connectivity index (χ3v) is 5.42. The SMILES string of the molecule is CC(C)N(C(C)C)C(C)Oc1ccc(C(=O)C2CC=Cc3ccccc32)cc1. The molecule has 2 unspecified atom stereocenters. The third kappa shape index (κ3) is 4.36. The summed E-state index contributed by atoms with van der Waals surface area (Å²) in [4.78, 5) is 15.4. The molecule has 0 radical (unpaired) electrons. The molecule has 0 aliphatic heterocycles. The minimum Gasteiger partial charge on any atom is -0.475 e. The van der Waals surface area contributed by atoms with Gasteiger partial charge in [-0.05, 0) is 76.4 Å². The van der Waals surface area contributed by atoms with Crippen LogP contribution in [0.3, 0.4) is 0 Å². The van der Waals surface area contributed by atoms with E-state index in [2.05, 4.69) is 63.8 Å². The van der Waals surface area contributed by atoms with Gasteiger partial charge in [-0.15, -0.1) is 0 Å². The number of carbonyl (C=O) groups is 1. The van der Waals surface area contributed by atoms with Crippen LogP contribution in [-0.4, -0.2) is 29.0 Å². The second-order valence-corrected chi connectivity index (χ2v) is 8.06.